The van der Waals surface area contributed by atoms with Gasteiger partial charge in [0.25, 0.3) is 0 Å². The molecule has 0 aliphatic carbocycles. The highest BCUT2D eigenvalue weighted by Gasteiger charge is 2.13. The lowest BCUT2D eigenvalue weighted by atomic mass is 10.1. The molecule has 0 bridgehead atoms. The van der Waals surface area contributed by atoms with Gasteiger partial charge in [-0.2, -0.15) is 0 Å². The molecule has 2 rings (SSSR count). The summed E-state index contributed by atoms with van der Waals surface area (Å²) in [5.41, 5.74) is 2.74. The standard InChI is InChI=1S/C19H22Br2S/c1-15-6-12-18(13-7-15)22-19(5-3-2-4-14-20)16-8-10-17(21)11-9-16/h6-13,19H,2-5,14H2,1H3. The number of rotatable bonds is 8. The van der Waals surface area contributed by atoms with E-state index in [0.717, 1.165) is 9.80 Å². The van der Waals surface area contributed by atoms with Crippen LogP contribution in [0.15, 0.2) is 57.9 Å². The van der Waals surface area contributed by atoms with Crippen LogP contribution in [0.25, 0.3) is 0 Å². The first kappa shape index (κ1) is 18.1. The minimum atomic E-state index is 0.533. The number of unbranched alkanes of at least 4 members (excludes halogenated alkanes) is 2. The van der Waals surface area contributed by atoms with Crippen LogP contribution in [-0.4, -0.2) is 5.33 Å². The Balaban J connectivity index is 2.06. The highest BCUT2D eigenvalue weighted by Crippen LogP contribution is 2.39. The fourth-order valence-electron chi connectivity index (χ4n) is 2.35. The van der Waals surface area contributed by atoms with Crippen molar-refractivity contribution in [2.24, 2.45) is 0 Å². The van der Waals surface area contributed by atoms with Crippen molar-refractivity contribution in [1.29, 1.82) is 0 Å². The van der Waals surface area contributed by atoms with E-state index in [1.165, 1.54) is 41.7 Å². The summed E-state index contributed by atoms with van der Waals surface area (Å²) in [7, 11) is 0. The normalized spacial score (nSPS) is 12.3. The molecule has 0 aliphatic heterocycles. The molecule has 0 spiro atoms. The molecule has 3 heteroatoms. The third-order valence-electron chi connectivity index (χ3n) is 3.64. The molecule has 0 saturated heterocycles. The molecule has 0 radical (unpaired) electrons. The van der Waals surface area contributed by atoms with Crippen LogP contribution in [-0.2, 0) is 0 Å². The van der Waals surface area contributed by atoms with E-state index in [1.807, 2.05) is 11.8 Å². The zero-order valence-corrected chi connectivity index (χ0v) is 16.9. The van der Waals surface area contributed by atoms with Crippen LogP contribution >= 0.6 is 43.6 Å². The second-order valence-corrected chi connectivity index (χ2v) is 8.49. The molecule has 22 heavy (non-hydrogen) atoms. The first-order valence-electron chi connectivity index (χ1n) is 7.74. The van der Waals surface area contributed by atoms with E-state index in [-0.39, 0.29) is 0 Å². The van der Waals surface area contributed by atoms with Crippen molar-refractivity contribution in [3.05, 3.63) is 64.1 Å². The Kier molecular flexibility index (Phi) is 8.05. The predicted octanol–water partition coefficient (Wildman–Crippen LogP) is 7.55. The summed E-state index contributed by atoms with van der Waals surface area (Å²) >= 11 is 9.04. The molecule has 0 nitrogen and oxygen atoms in total. The highest BCUT2D eigenvalue weighted by molar-refractivity contribution is 9.10. The molecule has 0 amide bonds. The van der Waals surface area contributed by atoms with Gasteiger partial charge < -0.3 is 0 Å². The van der Waals surface area contributed by atoms with Crippen LogP contribution in [0.3, 0.4) is 0 Å². The topological polar surface area (TPSA) is 0 Å². The Morgan fingerprint density at radius 3 is 2.23 bits per heavy atom. The van der Waals surface area contributed by atoms with Gasteiger partial charge in [0.15, 0.2) is 0 Å². The van der Waals surface area contributed by atoms with Crippen LogP contribution in [0, 0.1) is 6.92 Å². The maximum Gasteiger partial charge on any atom is 0.0344 e. The molecule has 2 aromatic rings. The quantitative estimate of drug-likeness (QED) is 0.231. The Morgan fingerprint density at radius 2 is 1.59 bits per heavy atom. The number of alkyl halides is 1. The molecule has 0 saturated carbocycles. The van der Waals surface area contributed by atoms with Crippen LogP contribution in [0.4, 0.5) is 0 Å². The van der Waals surface area contributed by atoms with E-state index < -0.39 is 0 Å². The molecular weight excluding hydrogens is 420 g/mol. The molecule has 0 N–H and O–H groups in total. The van der Waals surface area contributed by atoms with Crippen molar-refractivity contribution in [2.45, 2.75) is 42.8 Å². The highest BCUT2D eigenvalue weighted by atomic mass is 79.9. The Bertz CT molecular complexity index is 549. The molecule has 118 valence electrons. The van der Waals surface area contributed by atoms with E-state index in [4.69, 9.17) is 0 Å². The van der Waals surface area contributed by atoms with Crippen LogP contribution < -0.4 is 0 Å². The third-order valence-corrected chi connectivity index (χ3v) is 6.07. The van der Waals surface area contributed by atoms with Gasteiger partial charge >= 0.3 is 0 Å². The molecule has 2 aromatic carbocycles. The largest absolute Gasteiger partial charge is 0.118 e. The molecule has 0 fully saturated rings. The van der Waals surface area contributed by atoms with E-state index in [9.17, 15) is 0 Å². The van der Waals surface area contributed by atoms with Gasteiger partial charge in [0.05, 0.1) is 0 Å². The van der Waals surface area contributed by atoms with Gasteiger partial charge in [-0.25, -0.2) is 0 Å². The molecule has 0 aliphatic rings. The Hall–Kier alpha value is -0.250. The molecule has 1 atom stereocenters. The SMILES string of the molecule is Cc1ccc(SC(CCCCCBr)c2ccc(Br)cc2)cc1. The van der Waals surface area contributed by atoms with Crippen LogP contribution in [0.2, 0.25) is 0 Å². The fourth-order valence-corrected chi connectivity index (χ4v) is 4.21. The summed E-state index contributed by atoms with van der Waals surface area (Å²) in [4.78, 5) is 1.36. The first-order chi connectivity index (χ1) is 10.7. The van der Waals surface area contributed by atoms with Gasteiger partial charge in [0, 0.05) is 19.9 Å². The molecule has 1 unspecified atom stereocenters. The average Bonchev–Trinajstić information content (AvgIpc) is 2.53. The maximum absolute atomic E-state index is 3.53. The third kappa shape index (κ3) is 6.10. The fraction of sp³-hybridized carbons (Fsp3) is 0.368. The number of hydrogen-bond donors (Lipinski definition) is 0. The summed E-state index contributed by atoms with van der Waals surface area (Å²) in [6.07, 6.45) is 5.08. The van der Waals surface area contributed by atoms with E-state index >= 15 is 0 Å². The first-order valence-corrected chi connectivity index (χ1v) is 10.5. The zero-order valence-electron chi connectivity index (χ0n) is 12.9. The van der Waals surface area contributed by atoms with Gasteiger partial charge in [0.2, 0.25) is 0 Å². The average molecular weight is 442 g/mol. The number of hydrogen-bond acceptors (Lipinski definition) is 1. The molecule has 0 aromatic heterocycles. The second-order valence-electron chi connectivity index (χ2n) is 5.51. The summed E-state index contributed by atoms with van der Waals surface area (Å²) in [6, 6.07) is 17.7. The van der Waals surface area contributed by atoms with Crippen molar-refractivity contribution in [3.8, 4) is 0 Å². The number of aryl methyl sites for hydroxylation is 1. The van der Waals surface area contributed by atoms with E-state index in [0.29, 0.717) is 5.25 Å². The summed E-state index contributed by atoms with van der Waals surface area (Å²) in [6.45, 7) is 2.14. The van der Waals surface area contributed by atoms with Gasteiger partial charge in [-0.1, -0.05) is 74.5 Å². The minimum Gasteiger partial charge on any atom is -0.118 e. The van der Waals surface area contributed by atoms with Crippen molar-refractivity contribution in [2.75, 3.05) is 5.33 Å². The Morgan fingerprint density at radius 1 is 0.909 bits per heavy atom. The van der Waals surface area contributed by atoms with Crippen LogP contribution in [0.1, 0.15) is 42.1 Å². The number of thioether (sulfide) groups is 1. The lowest BCUT2D eigenvalue weighted by molar-refractivity contribution is 0.664. The number of halogens is 2. The molecule has 0 heterocycles. The van der Waals surface area contributed by atoms with E-state index in [2.05, 4.69) is 87.3 Å². The van der Waals surface area contributed by atoms with Crippen LogP contribution in [0.5, 0.6) is 0 Å². The monoisotopic (exact) mass is 440 g/mol. The minimum absolute atomic E-state index is 0.533. The van der Waals surface area contributed by atoms with Gasteiger partial charge in [-0.15, -0.1) is 11.8 Å². The number of benzene rings is 2. The predicted molar refractivity (Wildman–Crippen MR) is 106 cm³/mol. The summed E-state index contributed by atoms with van der Waals surface area (Å²) in [5.74, 6) is 0. The van der Waals surface area contributed by atoms with Gasteiger partial charge in [0.1, 0.15) is 0 Å². The van der Waals surface area contributed by atoms with Gasteiger partial charge in [-0.3, -0.25) is 0 Å². The van der Waals surface area contributed by atoms with Crippen molar-refractivity contribution >= 4 is 43.6 Å². The summed E-state index contributed by atoms with van der Waals surface area (Å²) < 4.78 is 1.15. The second kappa shape index (κ2) is 9.79. The van der Waals surface area contributed by atoms with Gasteiger partial charge in [-0.05, 0) is 49.6 Å². The maximum atomic E-state index is 3.53. The molecular formula is C19H22Br2S. The van der Waals surface area contributed by atoms with E-state index in [1.54, 1.807) is 0 Å². The lowest BCUT2D eigenvalue weighted by Crippen LogP contribution is -1.95. The smallest absolute Gasteiger partial charge is 0.0344 e. The van der Waals surface area contributed by atoms with Crippen molar-refractivity contribution in [1.82, 2.24) is 0 Å². The Labute approximate surface area is 155 Å². The lowest BCUT2D eigenvalue weighted by Gasteiger charge is -2.17. The zero-order chi connectivity index (χ0) is 15.8. The van der Waals surface area contributed by atoms with Crippen molar-refractivity contribution in [3.63, 3.8) is 0 Å². The summed E-state index contributed by atoms with van der Waals surface area (Å²) in [5, 5.41) is 1.65. The van der Waals surface area contributed by atoms with Crippen molar-refractivity contribution < 1.29 is 0 Å².